The third-order valence-corrected chi connectivity index (χ3v) is 7.05. The molecule has 0 aliphatic rings. The van der Waals surface area contributed by atoms with Gasteiger partial charge < -0.3 is 21.3 Å². The molecule has 0 fully saturated rings. The molecule has 5 N–H and O–H groups in total. The smallest absolute Gasteiger partial charge is 0.229 e. The maximum Gasteiger partial charge on any atom is 0.229 e. The van der Waals surface area contributed by atoms with Crippen LogP contribution in [0.3, 0.4) is 0 Å². The van der Waals surface area contributed by atoms with Crippen molar-refractivity contribution in [2.45, 2.75) is 25.0 Å². The highest BCUT2D eigenvalue weighted by molar-refractivity contribution is 7.15. The Morgan fingerprint density at radius 3 is 2.22 bits per heavy atom. The van der Waals surface area contributed by atoms with Crippen LogP contribution in [-0.2, 0) is 17.6 Å². The fourth-order valence-electron chi connectivity index (χ4n) is 4.28. The lowest BCUT2D eigenvalue weighted by Crippen LogP contribution is -2.36. The van der Waals surface area contributed by atoms with Crippen LogP contribution >= 0.6 is 11.3 Å². The predicted molar refractivity (Wildman–Crippen MR) is 148 cm³/mol. The van der Waals surface area contributed by atoms with Gasteiger partial charge in [-0.3, -0.25) is 9.69 Å². The van der Waals surface area contributed by atoms with E-state index in [2.05, 4.69) is 15.2 Å². The standard InChI is InChI=1S/C29H32N4O3S/c30-29-31-18-25(37-29)17-28(36)32-24-13-11-21(12-14-24)15-16-33(19-27(35)23-9-5-2-6-10-23)26(20-34)22-7-3-1-4-8-22/h1-14,18,26-27,34-35H,15-17,19-20H2,(H2,30,31)(H,32,36)/t26?,27-/m0/s1. The third kappa shape index (κ3) is 7.71. The van der Waals surface area contributed by atoms with Crippen LogP contribution in [-0.4, -0.2) is 45.7 Å². The van der Waals surface area contributed by atoms with Crippen LogP contribution in [0.5, 0.6) is 0 Å². The van der Waals surface area contributed by atoms with E-state index in [0.29, 0.717) is 18.2 Å². The lowest BCUT2D eigenvalue weighted by atomic mass is 10.0. The first-order valence-corrected chi connectivity index (χ1v) is 13.1. The molecule has 0 bridgehead atoms. The van der Waals surface area contributed by atoms with Crippen molar-refractivity contribution in [3.05, 3.63) is 113 Å². The zero-order chi connectivity index (χ0) is 26.0. The molecule has 1 unspecified atom stereocenters. The number of aliphatic hydroxyl groups excluding tert-OH is 2. The lowest BCUT2D eigenvalue weighted by molar-refractivity contribution is -0.115. The number of amides is 1. The fraction of sp³-hybridized carbons (Fsp3) is 0.241. The van der Waals surface area contributed by atoms with Crippen molar-refractivity contribution < 1.29 is 15.0 Å². The Kier molecular flexibility index (Phi) is 9.40. The molecule has 0 aliphatic carbocycles. The molecule has 7 nitrogen and oxygen atoms in total. The highest BCUT2D eigenvalue weighted by Crippen LogP contribution is 2.25. The Bertz CT molecular complexity index is 1250. The SMILES string of the molecule is Nc1ncc(CC(=O)Nc2ccc(CCN(C[C@H](O)c3ccccc3)C(CO)c3ccccc3)cc2)s1. The molecule has 1 heterocycles. The van der Waals surface area contributed by atoms with E-state index in [1.807, 2.05) is 84.9 Å². The molecule has 3 aromatic carbocycles. The number of benzene rings is 3. The van der Waals surface area contributed by atoms with Crippen molar-refractivity contribution in [1.82, 2.24) is 9.88 Å². The van der Waals surface area contributed by atoms with Gasteiger partial charge in [-0.25, -0.2) is 4.98 Å². The van der Waals surface area contributed by atoms with E-state index in [4.69, 9.17) is 5.73 Å². The molecular formula is C29H32N4O3S. The van der Waals surface area contributed by atoms with Crippen molar-refractivity contribution in [3.63, 3.8) is 0 Å². The summed E-state index contributed by atoms with van der Waals surface area (Å²) in [4.78, 5) is 19.3. The minimum Gasteiger partial charge on any atom is -0.394 e. The monoisotopic (exact) mass is 516 g/mol. The van der Waals surface area contributed by atoms with E-state index in [0.717, 1.165) is 33.7 Å². The van der Waals surface area contributed by atoms with Crippen molar-refractivity contribution in [2.75, 3.05) is 30.7 Å². The van der Waals surface area contributed by atoms with Crippen LogP contribution in [0.2, 0.25) is 0 Å². The summed E-state index contributed by atoms with van der Waals surface area (Å²) >= 11 is 1.31. The van der Waals surface area contributed by atoms with Gasteiger partial charge in [-0.1, -0.05) is 72.8 Å². The Labute approximate surface area is 221 Å². The number of nitrogens with one attached hydrogen (secondary N) is 1. The van der Waals surface area contributed by atoms with E-state index < -0.39 is 6.10 Å². The molecule has 4 rings (SSSR count). The quantitative estimate of drug-likeness (QED) is 0.224. The Hall–Kier alpha value is -3.56. The fourth-order valence-corrected chi connectivity index (χ4v) is 4.96. The van der Waals surface area contributed by atoms with Crippen molar-refractivity contribution >= 4 is 28.1 Å². The zero-order valence-electron chi connectivity index (χ0n) is 20.5. The molecule has 4 aromatic rings. The van der Waals surface area contributed by atoms with Crippen LogP contribution < -0.4 is 11.1 Å². The third-order valence-electron chi connectivity index (χ3n) is 6.22. The van der Waals surface area contributed by atoms with E-state index in [1.165, 1.54) is 11.3 Å². The van der Waals surface area contributed by atoms with E-state index in [1.54, 1.807) is 6.20 Å². The molecule has 0 saturated carbocycles. The second-order valence-corrected chi connectivity index (χ2v) is 10.0. The summed E-state index contributed by atoms with van der Waals surface area (Å²) in [6.07, 6.45) is 1.90. The van der Waals surface area contributed by atoms with Crippen molar-refractivity contribution in [1.29, 1.82) is 0 Å². The maximum atomic E-state index is 12.3. The number of carbonyl (C=O) groups excluding carboxylic acids is 1. The molecule has 8 heteroatoms. The Balaban J connectivity index is 1.40. The van der Waals surface area contributed by atoms with E-state index in [-0.39, 0.29) is 25.0 Å². The molecule has 37 heavy (non-hydrogen) atoms. The molecular weight excluding hydrogens is 484 g/mol. The summed E-state index contributed by atoms with van der Waals surface area (Å²) in [6, 6.07) is 27.0. The van der Waals surface area contributed by atoms with Gasteiger partial charge in [0, 0.05) is 29.9 Å². The van der Waals surface area contributed by atoms with Gasteiger partial charge in [0.05, 0.1) is 25.2 Å². The highest BCUT2D eigenvalue weighted by atomic mass is 32.1. The normalized spacial score (nSPS) is 12.8. The van der Waals surface area contributed by atoms with Crippen LogP contribution in [0.25, 0.3) is 0 Å². The number of aromatic nitrogens is 1. The van der Waals surface area contributed by atoms with Crippen molar-refractivity contribution in [3.8, 4) is 0 Å². The minimum absolute atomic E-state index is 0.0537. The number of hydrogen-bond acceptors (Lipinski definition) is 7. The van der Waals surface area contributed by atoms with Crippen LogP contribution in [0.1, 0.15) is 33.7 Å². The first-order chi connectivity index (χ1) is 18.0. The zero-order valence-corrected chi connectivity index (χ0v) is 21.3. The Morgan fingerprint density at radius 2 is 1.62 bits per heavy atom. The second kappa shape index (κ2) is 13.1. The first kappa shape index (κ1) is 26.5. The molecule has 0 radical (unpaired) electrons. The molecule has 192 valence electrons. The number of nitrogen functional groups attached to an aromatic ring is 1. The number of aliphatic hydroxyl groups is 2. The topological polar surface area (TPSA) is 112 Å². The molecule has 1 aromatic heterocycles. The summed E-state index contributed by atoms with van der Waals surface area (Å²) < 4.78 is 0. The molecule has 0 spiro atoms. The van der Waals surface area contributed by atoms with Crippen LogP contribution in [0.15, 0.2) is 91.1 Å². The molecule has 0 saturated heterocycles. The van der Waals surface area contributed by atoms with Gasteiger partial charge in [0.25, 0.3) is 0 Å². The summed E-state index contributed by atoms with van der Waals surface area (Å²) in [5, 5.41) is 24.6. The summed E-state index contributed by atoms with van der Waals surface area (Å²) in [5.41, 5.74) is 9.30. The number of carbonyl (C=O) groups is 1. The van der Waals surface area contributed by atoms with Gasteiger partial charge in [-0.15, -0.1) is 11.3 Å². The van der Waals surface area contributed by atoms with Gasteiger partial charge in [-0.05, 0) is 35.2 Å². The highest BCUT2D eigenvalue weighted by Gasteiger charge is 2.23. The van der Waals surface area contributed by atoms with E-state index >= 15 is 0 Å². The predicted octanol–water partition coefficient (Wildman–Crippen LogP) is 4.22. The number of rotatable bonds is 12. The molecule has 1 amide bonds. The summed E-state index contributed by atoms with van der Waals surface area (Å²) in [5.74, 6) is -0.119. The Morgan fingerprint density at radius 1 is 0.973 bits per heavy atom. The number of nitrogens with two attached hydrogens (primary N) is 1. The summed E-state index contributed by atoms with van der Waals surface area (Å²) in [7, 11) is 0. The largest absolute Gasteiger partial charge is 0.394 e. The van der Waals surface area contributed by atoms with Crippen LogP contribution in [0, 0.1) is 0 Å². The van der Waals surface area contributed by atoms with Crippen molar-refractivity contribution in [2.24, 2.45) is 0 Å². The first-order valence-electron chi connectivity index (χ1n) is 12.2. The van der Waals surface area contributed by atoms with Gasteiger partial charge >= 0.3 is 0 Å². The maximum absolute atomic E-state index is 12.3. The molecule has 0 aliphatic heterocycles. The van der Waals surface area contributed by atoms with Gasteiger partial charge in [0.15, 0.2) is 5.13 Å². The van der Waals surface area contributed by atoms with Gasteiger partial charge in [0.2, 0.25) is 5.91 Å². The van der Waals surface area contributed by atoms with Crippen LogP contribution in [0.4, 0.5) is 10.8 Å². The summed E-state index contributed by atoms with van der Waals surface area (Å²) in [6.45, 7) is 0.977. The van der Waals surface area contributed by atoms with Gasteiger partial charge in [-0.2, -0.15) is 0 Å². The number of nitrogens with zero attached hydrogens (tertiary/aromatic N) is 2. The number of hydrogen-bond donors (Lipinski definition) is 4. The molecule has 2 atom stereocenters. The average molecular weight is 517 g/mol. The van der Waals surface area contributed by atoms with Gasteiger partial charge in [0.1, 0.15) is 0 Å². The average Bonchev–Trinajstić information content (AvgIpc) is 3.33. The van der Waals surface area contributed by atoms with E-state index in [9.17, 15) is 15.0 Å². The number of anilines is 2. The number of thiazole rings is 1. The lowest BCUT2D eigenvalue weighted by Gasteiger charge is -2.32. The second-order valence-electron chi connectivity index (χ2n) is 8.87. The minimum atomic E-state index is -0.676.